The number of hydrogen-bond acceptors (Lipinski definition) is 3. The molecule has 0 unspecified atom stereocenters. The van der Waals surface area contributed by atoms with Crippen molar-refractivity contribution in [1.29, 1.82) is 0 Å². The molecular formula is C9H12N2OS. The Bertz CT molecular complexity index is 278. The van der Waals surface area contributed by atoms with Crippen molar-refractivity contribution in [1.82, 2.24) is 10.4 Å². The van der Waals surface area contributed by atoms with E-state index >= 15 is 0 Å². The highest BCUT2D eigenvalue weighted by molar-refractivity contribution is 7.08. The van der Waals surface area contributed by atoms with E-state index in [9.17, 15) is 4.79 Å². The highest BCUT2D eigenvalue weighted by Crippen LogP contribution is 2.08. The molecule has 70 valence electrons. The second-order valence-corrected chi connectivity index (χ2v) is 3.93. The molecule has 2 heterocycles. The van der Waals surface area contributed by atoms with E-state index in [1.165, 1.54) is 12.8 Å². The SMILES string of the molecule is O=C(NN1CCCC1)c1ccsc1. The van der Waals surface area contributed by atoms with Crippen LogP contribution in [0.4, 0.5) is 0 Å². The summed E-state index contributed by atoms with van der Waals surface area (Å²) in [6.07, 6.45) is 2.37. The third-order valence-electron chi connectivity index (χ3n) is 2.15. The molecule has 1 saturated heterocycles. The van der Waals surface area contributed by atoms with E-state index in [1.807, 2.05) is 21.8 Å². The molecule has 1 aliphatic rings. The van der Waals surface area contributed by atoms with Gasteiger partial charge in [-0.15, -0.1) is 0 Å². The molecule has 13 heavy (non-hydrogen) atoms. The summed E-state index contributed by atoms with van der Waals surface area (Å²) in [5.41, 5.74) is 3.64. The quantitative estimate of drug-likeness (QED) is 0.777. The van der Waals surface area contributed by atoms with Crippen LogP contribution in [0.15, 0.2) is 16.8 Å². The first-order valence-electron chi connectivity index (χ1n) is 4.44. The second kappa shape index (κ2) is 3.89. The van der Waals surface area contributed by atoms with Gasteiger partial charge in [-0.2, -0.15) is 11.3 Å². The van der Waals surface area contributed by atoms with Crippen LogP contribution in [0.1, 0.15) is 23.2 Å². The van der Waals surface area contributed by atoms with Crippen LogP contribution in [0.25, 0.3) is 0 Å². The van der Waals surface area contributed by atoms with Gasteiger partial charge in [-0.25, -0.2) is 5.01 Å². The number of hydrazine groups is 1. The summed E-state index contributed by atoms with van der Waals surface area (Å²) in [7, 11) is 0. The molecule has 4 heteroatoms. The van der Waals surface area contributed by atoms with Gasteiger partial charge >= 0.3 is 0 Å². The van der Waals surface area contributed by atoms with Gasteiger partial charge in [-0.05, 0) is 24.3 Å². The number of amides is 1. The van der Waals surface area contributed by atoms with E-state index in [0.29, 0.717) is 0 Å². The fraction of sp³-hybridized carbons (Fsp3) is 0.444. The highest BCUT2D eigenvalue weighted by atomic mass is 32.1. The predicted octanol–water partition coefficient (Wildman–Crippen LogP) is 1.49. The average Bonchev–Trinajstić information content (AvgIpc) is 2.74. The fourth-order valence-corrected chi connectivity index (χ4v) is 2.07. The first kappa shape index (κ1) is 8.72. The van der Waals surface area contributed by atoms with Crippen LogP contribution in [0, 0.1) is 0 Å². The summed E-state index contributed by atoms with van der Waals surface area (Å²) in [6.45, 7) is 1.96. The minimum Gasteiger partial charge on any atom is -0.285 e. The Hall–Kier alpha value is -0.870. The molecule has 1 aromatic rings. The molecule has 0 spiro atoms. The molecule has 0 bridgehead atoms. The van der Waals surface area contributed by atoms with Crippen molar-refractivity contribution in [3.05, 3.63) is 22.4 Å². The number of hydrogen-bond donors (Lipinski definition) is 1. The maximum Gasteiger partial charge on any atom is 0.266 e. The Labute approximate surface area is 81.3 Å². The average molecular weight is 196 g/mol. The molecule has 0 aromatic carbocycles. The number of carbonyl (C=O) groups excluding carboxylic acids is 1. The zero-order valence-electron chi connectivity index (χ0n) is 7.32. The fourth-order valence-electron chi connectivity index (χ4n) is 1.43. The molecule has 1 fully saturated rings. The van der Waals surface area contributed by atoms with Gasteiger partial charge in [0, 0.05) is 18.5 Å². The number of nitrogens with zero attached hydrogens (tertiary/aromatic N) is 1. The largest absolute Gasteiger partial charge is 0.285 e. The van der Waals surface area contributed by atoms with Crippen molar-refractivity contribution >= 4 is 17.2 Å². The molecule has 0 atom stereocenters. The smallest absolute Gasteiger partial charge is 0.266 e. The van der Waals surface area contributed by atoms with Gasteiger partial charge < -0.3 is 0 Å². The van der Waals surface area contributed by atoms with Crippen LogP contribution in [-0.2, 0) is 0 Å². The third-order valence-corrected chi connectivity index (χ3v) is 2.83. The Kier molecular flexibility index (Phi) is 2.61. The number of nitrogens with one attached hydrogen (secondary N) is 1. The van der Waals surface area contributed by atoms with E-state index in [0.717, 1.165) is 18.7 Å². The molecule has 1 aliphatic heterocycles. The lowest BCUT2D eigenvalue weighted by Gasteiger charge is -2.15. The molecule has 0 radical (unpaired) electrons. The summed E-state index contributed by atoms with van der Waals surface area (Å²) in [4.78, 5) is 11.5. The minimum atomic E-state index is 0.0168. The Morgan fingerprint density at radius 3 is 2.85 bits per heavy atom. The van der Waals surface area contributed by atoms with Crippen molar-refractivity contribution in [2.75, 3.05) is 13.1 Å². The van der Waals surface area contributed by atoms with Crippen molar-refractivity contribution in [2.24, 2.45) is 0 Å². The Morgan fingerprint density at radius 1 is 1.46 bits per heavy atom. The normalized spacial score (nSPS) is 17.5. The van der Waals surface area contributed by atoms with Crippen molar-refractivity contribution < 1.29 is 4.79 Å². The first-order chi connectivity index (χ1) is 6.36. The maximum atomic E-state index is 11.5. The van der Waals surface area contributed by atoms with Gasteiger partial charge in [0.2, 0.25) is 0 Å². The van der Waals surface area contributed by atoms with Crippen molar-refractivity contribution in [2.45, 2.75) is 12.8 Å². The molecular weight excluding hydrogens is 184 g/mol. The summed E-state index contributed by atoms with van der Waals surface area (Å²) in [5.74, 6) is 0.0168. The lowest BCUT2D eigenvalue weighted by atomic mass is 10.3. The van der Waals surface area contributed by atoms with Crippen molar-refractivity contribution in [3.8, 4) is 0 Å². The summed E-state index contributed by atoms with van der Waals surface area (Å²) >= 11 is 1.55. The lowest BCUT2D eigenvalue weighted by Crippen LogP contribution is -2.39. The summed E-state index contributed by atoms with van der Waals surface area (Å²) in [6, 6.07) is 1.84. The number of thiophene rings is 1. The summed E-state index contributed by atoms with van der Waals surface area (Å²) in [5, 5.41) is 5.77. The Morgan fingerprint density at radius 2 is 2.23 bits per heavy atom. The van der Waals surface area contributed by atoms with Gasteiger partial charge in [-0.1, -0.05) is 0 Å². The molecule has 1 N–H and O–H groups in total. The van der Waals surface area contributed by atoms with E-state index in [2.05, 4.69) is 5.43 Å². The van der Waals surface area contributed by atoms with Gasteiger partial charge in [0.15, 0.2) is 0 Å². The monoisotopic (exact) mass is 196 g/mol. The molecule has 0 aliphatic carbocycles. The predicted molar refractivity (Wildman–Crippen MR) is 52.6 cm³/mol. The molecule has 1 aromatic heterocycles. The molecule has 1 amide bonds. The lowest BCUT2D eigenvalue weighted by molar-refractivity contribution is 0.0826. The van der Waals surface area contributed by atoms with Crippen LogP contribution in [-0.4, -0.2) is 24.0 Å². The van der Waals surface area contributed by atoms with E-state index in [1.54, 1.807) is 11.3 Å². The second-order valence-electron chi connectivity index (χ2n) is 3.15. The van der Waals surface area contributed by atoms with E-state index < -0.39 is 0 Å². The zero-order valence-corrected chi connectivity index (χ0v) is 8.14. The van der Waals surface area contributed by atoms with E-state index in [-0.39, 0.29) is 5.91 Å². The van der Waals surface area contributed by atoms with Crippen LogP contribution >= 0.6 is 11.3 Å². The highest BCUT2D eigenvalue weighted by Gasteiger charge is 2.14. The first-order valence-corrected chi connectivity index (χ1v) is 5.39. The van der Waals surface area contributed by atoms with Gasteiger partial charge in [-0.3, -0.25) is 10.2 Å². The molecule has 3 nitrogen and oxygen atoms in total. The Balaban J connectivity index is 1.91. The maximum absolute atomic E-state index is 11.5. The van der Waals surface area contributed by atoms with Gasteiger partial charge in [0.05, 0.1) is 5.56 Å². The van der Waals surface area contributed by atoms with E-state index in [4.69, 9.17) is 0 Å². The third kappa shape index (κ3) is 2.08. The van der Waals surface area contributed by atoms with Gasteiger partial charge in [0.25, 0.3) is 5.91 Å². The zero-order chi connectivity index (χ0) is 9.10. The number of rotatable bonds is 2. The van der Waals surface area contributed by atoms with Crippen molar-refractivity contribution in [3.63, 3.8) is 0 Å². The number of carbonyl (C=O) groups is 1. The molecule has 0 saturated carbocycles. The van der Waals surface area contributed by atoms with Crippen LogP contribution in [0.5, 0.6) is 0 Å². The van der Waals surface area contributed by atoms with Gasteiger partial charge in [0.1, 0.15) is 0 Å². The molecule has 2 rings (SSSR count). The topological polar surface area (TPSA) is 32.3 Å². The van der Waals surface area contributed by atoms with Crippen LogP contribution in [0.3, 0.4) is 0 Å². The summed E-state index contributed by atoms with van der Waals surface area (Å²) < 4.78 is 0. The minimum absolute atomic E-state index is 0.0168. The van der Waals surface area contributed by atoms with Crippen LogP contribution < -0.4 is 5.43 Å². The standard InChI is InChI=1S/C9H12N2OS/c12-9(8-3-6-13-7-8)10-11-4-1-2-5-11/h3,6-7H,1-2,4-5H2,(H,10,12). The van der Waals surface area contributed by atoms with Crippen LogP contribution in [0.2, 0.25) is 0 Å².